The van der Waals surface area contributed by atoms with Gasteiger partial charge in [0.1, 0.15) is 0 Å². The van der Waals surface area contributed by atoms with Gasteiger partial charge < -0.3 is 10.3 Å². The molecule has 2 N–H and O–H groups in total. The van der Waals surface area contributed by atoms with E-state index in [1.165, 1.54) is 35.7 Å². The molecule has 2 nitrogen and oxygen atoms in total. The van der Waals surface area contributed by atoms with Crippen LogP contribution in [-0.4, -0.2) is 4.57 Å². The van der Waals surface area contributed by atoms with Crippen LogP contribution >= 0.6 is 15.9 Å². The molecule has 1 aliphatic carbocycles. The van der Waals surface area contributed by atoms with Crippen molar-refractivity contribution in [3.05, 3.63) is 34.4 Å². The Morgan fingerprint density at radius 2 is 2.18 bits per heavy atom. The minimum Gasteiger partial charge on any atom is -0.347 e. The van der Waals surface area contributed by atoms with Crippen molar-refractivity contribution in [1.29, 1.82) is 0 Å². The van der Waals surface area contributed by atoms with Gasteiger partial charge in [-0.3, -0.25) is 0 Å². The fourth-order valence-corrected chi connectivity index (χ4v) is 2.96. The first-order chi connectivity index (χ1) is 8.28. The number of nitrogens with two attached hydrogens (primary N) is 1. The molecule has 1 saturated carbocycles. The van der Waals surface area contributed by atoms with E-state index < -0.39 is 0 Å². The summed E-state index contributed by atoms with van der Waals surface area (Å²) in [6.07, 6.45) is 6.39. The fraction of sp³-hybridized carbons (Fsp3) is 0.429. The molecule has 2 aromatic rings. The Hall–Kier alpha value is -0.800. The summed E-state index contributed by atoms with van der Waals surface area (Å²) >= 11 is 3.55. The maximum absolute atomic E-state index is 5.82. The van der Waals surface area contributed by atoms with Crippen LogP contribution in [0.5, 0.6) is 0 Å². The molecule has 1 fully saturated rings. The normalized spacial score (nSPS) is 16.4. The van der Waals surface area contributed by atoms with Crippen LogP contribution in [0, 0.1) is 5.92 Å². The monoisotopic (exact) mass is 292 g/mol. The van der Waals surface area contributed by atoms with Crippen molar-refractivity contribution in [3.8, 4) is 0 Å². The number of aromatic nitrogens is 1. The van der Waals surface area contributed by atoms with Crippen molar-refractivity contribution in [1.82, 2.24) is 4.57 Å². The molecule has 1 aliphatic rings. The lowest BCUT2D eigenvalue weighted by Crippen LogP contribution is -2.17. The summed E-state index contributed by atoms with van der Waals surface area (Å²) in [7, 11) is 0. The topological polar surface area (TPSA) is 30.9 Å². The van der Waals surface area contributed by atoms with Gasteiger partial charge in [0.15, 0.2) is 0 Å². The Balaban J connectivity index is 2.05. The summed E-state index contributed by atoms with van der Waals surface area (Å²) in [4.78, 5) is 0. The second-order valence-corrected chi connectivity index (χ2v) is 5.88. The number of rotatable bonds is 3. The molecule has 0 bridgehead atoms. The standard InChI is InChI=1S/C14H17BrN2/c15-12-4-5-13-11(7-16)9-17(14(13)6-12)8-10-2-1-3-10/h4-6,9-10H,1-3,7-8,16H2. The highest BCUT2D eigenvalue weighted by Gasteiger charge is 2.19. The van der Waals surface area contributed by atoms with E-state index in [1.54, 1.807) is 0 Å². The van der Waals surface area contributed by atoms with Crippen LogP contribution in [0.4, 0.5) is 0 Å². The van der Waals surface area contributed by atoms with Crippen LogP contribution in [-0.2, 0) is 13.1 Å². The third-order valence-electron chi connectivity index (χ3n) is 3.83. The Labute approximate surface area is 110 Å². The fourth-order valence-electron chi connectivity index (χ4n) is 2.61. The van der Waals surface area contributed by atoms with E-state index in [9.17, 15) is 0 Å². The smallest absolute Gasteiger partial charge is 0.0495 e. The number of hydrogen-bond acceptors (Lipinski definition) is 1. The first-order valence-electron chi connectivity index (χ1n) is 6.25. The lowest BCUT2D eigenvalue weighted by molar-refractivity contribution is 0.279. The van der Waals surface area contributed by atoms with Crippen molar-refractivity contribution >= 4 is 26.8 Å². The predicted molar refractivity (Wildman–Crippen MR) is 74.9 cm³/mol. The largest absolute Gasteiger partial charge is 0.347 e. The molecule has 0 amide bonds. The number of halogens is 1. The molecule has 0 unspecified atom stereocenters. The highest BCUT2D eigenvalue weighted by molar-refractivity contribution is 9.10. The summed E-state index contributed by atoms with van der Waals surface area (Å²) in [5.41, 5.74) is 8.39. The van der Waals surface area contributed by atoms with E-state index in [4.69, 9.17) is 5.73 Å². The first kappa shape index (κ1) is 11.3. The lowest BCUT2D eigenvalue weighted by atomic mass is 9.85. The third-order valence-corrected chi connectivity index (χ3v) is 4.32. The lowest BCUT2D eigenvalue weighted by Gasteiger charge is -2.26. The number of hydrogen-bond donors (Lipinski definition) is 1. The Kier molecular flexibility index (Phi) is 2.97. The average Bonchev–Trinajstić information content (AvgIpc) is 2.61. The summed E-state index contributed by atoms with van der Waals surface area (Å²) in [6, 6.07) is 6.46. The van der Waals surface area contributed by atoms with E-state index >= 15 is 0 Å². The van der Waals surface area contributed by atoms with Crippen LogP contribution in [0.15, 0.2) is 28.9 Å². The molecule has 1 heterocycles. The number of fused-ring (bicyclic) bond motifs is 1. The first-order valence-corrected chi connectivity index (χ1v) is 7.04. The van der Waals surface area contributed by atoms with Crippen LogP contribution in [0.1, 0.15) is 24.8 Å². The zero-order chi connectivity index (χ0) is 11.8. The van der Waals surface area contributed by atoms with Crippen LogP contribution in [0.2, 0.25) is 0 Å². The van der Waals surface area contributed by atoms with Gasteiger partial charge in [-0.1, -0.05) is 28.4 Å². The Morgan fingerprint density at radius 1 is 1.35 bits per heavy atom. The van der Waals surface area contributed by atoms with Gasteiger partial charge in [-0.05, 0) is 36.5 Å². The molecule has 1 aromatic carbocycles. The van der Waals surface area contributed by atoms with Gasteiger partial charge in [0, 0.05) is 34.7 Å². The Bertz CT molecular complexity index is 540. The van der Waals surface area contributed by atoms with Gasteiger partial charge in [-0.15, -0.1) is 0 Å². The van der Waals surface area contributed by atoms with Crippen LogP contribution < -0.4 is 5.73 Å². The van der Waals surface area contributed by atoms with Crippen molar-refractivity contribution < 1.29 is 0 Å². The SMILES string of the molecule is NCc1cn(CC2CCC2)c2cc(Br)ccc12. The van der Waals surface area contributed by atoms with Crippen molar-refractivity contribution in [3.63, 3.8) is 0 Å². The molecule has 90 valence electrons. The second kappa shape index (κ2) is 4.46. The van der Waals surface area contributed by atoms with Gasteiger partial charge in [0.2, 0.25) is 0 Å². The maximum atomic E-state index is 5.82. The van der Waals surface area contributed by atoms with E-state index in [0.29, 0.717) is 6.54 Å². The summed E-state index contributed by atoms with van der Waals surface area (Å²) in [5.74, 6) is 0.871. The molecular weight excluding hydrogens is 276 g/mol. The van der Waals surface area contributed by atoms with E-state index in [1.807, 2.05) is 0 Å². The van der Waals surface area contributed by atoms with Gasteiger partial charge in [0.05, 0.1) is 0 Å². The zero-order valence-electron chi connectivity index (χ0n) is 9.82. The summed E-state index contributed by atoms with van der Waals surface area (Å²) in [6.45, 7) is 1.77. The molecule has 0 spiro atoms. The molecule has 0 atom stereocenters. The highest BCUT2D eigenvalue weighted by atomic mass is 79.9. The van der Waals surface area contributed by atoms with Crippen LogP contribution in [0.25, 0.3) is 10.9 Å². The van der Waals surface area contributed by atoms with Crippen molar-refractivity contribution in [2.75, 3.05) is 0 Å². The molecule has 0 saturated heterocycles. The molecule has 1 aromatic heterocycles. The maximum Gasteiger partial charge on any atom is 0.0495 e. The van der Waals surface area contributed by atoms with Gasteiger partial charge in [-0.25, -0.2) is 0 Å². The van der Waals surface area contributed by atoms with Gasteiger partial charge in [-0.2, -0.15) is 0 Å². The molecule has 0 aliphatic heterocycles. The minimum atomic E-state index is 0.621. The summed E-state index contributed by atoms with van der Waals surface area (Å²) in [5, 5.41) is 1.30. The number of nitrogens with zero attached hydrogens (tertiary/aromatic N) is 1. The third kappa shape index (κ3) is 2.02. The second-order valence-electron chi connectivity index (χ2n) is 4.97. The quantitative estimate of drug-likeness (QED) is 0.920. The predicted octanol–water partition coefficient (Wildman–Crippen LogP) is 3.66. The van der Waals surface area contributed by atoms with Crippen LogP contribution in [0.3, 0.4) is 0 Å². The van der Waals surface area contributed by atoms with Crippen molar-refractivity contribution in [2.24, 2.45) is 11.7 Å². The molecule has 17 heavy (non-hydrogen) atoms. The van der Waals surface area contributed by atoms with Crippen molar-refractivity contribution in [2.45, 2.75) is 32.4 Å². The van der Waals surface area contributed by atoms with E-state index in [0.717, 1.165) is 16.9 Å². The molecular formula is C14H17BrN2. The molecule has 3 heteroatoms. The summed E-state index contributed by atoms with van der Waals surface area (Å²) < 4.78 is 3.52. The van der Waals surface area contributed by atoms with E-state index in [-0.39, 0.29) is 0 Å². The minimum absolute atomic E-state index is 0.621. The molecule has 0 radical (unpaired) electrons. The average molecular weight is 293 g/mol. The number of benzene rings is 1. The van der Waals surface area contributed by atoms with E-state index in [2.05, 4.69) is 44.9 Å². The van der Waals surface area contributed by atoms with Gasteiger partial charge in [0.25, 0.3) is 0 Å². The highest BCUT2D eigenvalue weighted by Crippen LogP contribution is 2.31. The zero-order valence-corrected chi connectivity index (χ0v) is 11.4. The van der Waals surface area contributed by atoms with Gasteiger partial charge >= 0.3 is 0 Å². The molecule has 3 rings (SSSR count). The Morgan fingerprint density at radius 3 is 2.82 bits per heavy atom.